The highest BCUT2D eigenvalue weighted by atomic mass is 16.5. The largest absolute Gasteiger partial charge is 0.493 e. The minimum atomic E-state index is -0.476. The van der Waals surface area contributed by atoms with E-state index in [1.165, 1.54) is 18.2 Å². The zero-order chi connectivity index (χ0) is 18.5. The molecule has 2 aromatic rings. The molecule has 0 aromatic heterocycles. The molecule has 0 atom stereocenters. The second kappa shape index (κ2) is 7.57. The van der Waals surface area contributed by atoms with E-state index in [0.29, 0.717) is 22.7 Å². The molecule has 6 nitrogen and oxygen atoms in total. The second-order valence-corrected chi connectivity index (χ2v) is 5.45. The van der Waals surface area contributed by atoms with Gasteiger partial charge in [0.25, 0.3) is 11.8 Å². The van der Waals surface area contributed by atoms with Gasteiger partial charge < -0.3 is 9.47 Å². The van der Waals surface area contributed by atoms with Crippen molar-refractivity contribution >= 4 is 23.6 Å². The minimum Gasteiger partial charge on any atom is -0.493 e. The van der Waals surface area contributed by atoms with E-state index in [-0.39, 0.29) is 12.2 Å². The maximum Gasteiger partial charge on any atom is 0.282 e. The Labute approximate surface area is 151 Å². The summed E-state index contributed by atoms with van der Waals surface area (Å²) in [5, 5.41) is 1.22. The summed E-state index contributed by atoms with van der Waals surface area (Å²) in [7, 11) is 1.53. The number of carbonyl (C=O) groups is 2. The maximum absolute atomic E-state index is 12.7. The Morgan fingerprint density at radius 1 is 1.12 bits per heavy atom. The van der Waals surface area contributed by atoms with Crippen molar-refractivity contribution in [1.29, 1.82) is 0 Å². The van der Waals surface area contributed by atoms with Gasteiger partial charge in [0.05, 0.1) is 12.8 Å². The minimum absolute atomic E-state index is 0.0190. The number of hydrogen-bond donors (Lipinski definition) is 1. The molecule has 2 amide bonds. The number of benzene rings is 2. The normalized spacial score (nSPS) is 15.1. The summed E-state index contributed by atoms with van der Waals surface area (Å²) in [4.78, 5) is 25.0. The third-order valence-electron chi connectivity index (χ3n) is 3.78. The lowest BCUT2D eigenvalue weighted by atomic mass is 10.1. The molecular weight excluding hydrogens is 332 g/mol. The molecule has 3 rings (SSSR count). The number of anilines is 1. The number of ether oxygens (including phenoxy) is 2. The summed E-state index contributed by atoms with van der Waals surface area (Å²) in [5.74, 6) is 0.0446. The quantitative estimate of drug-likeness (QED) is 0.494. The summed E-state index contributed by atoms with van der Waals surface area (Å²) in [5.41, 5.74) is 3.74. The summed E-state index contributed by atoms with van der Waals surface area (Å²) in [6, 6.07) is 14.2. The Balaban J connectivity index is 1.98. The third-order valence-corrected chi connectivity index (χ3v) is 3.78. The van der Waals surface area contributed by atoms with Crippen molar-refractivity contribution in [1.82, 2.24) is 5.43 Å². The van der Waals surface area contributed by atoms with Gasteiger partial charge in [-0.15, -0.1) is 0 Å². The van der Waals surface area contributed by atoms with Gasteiger partial charge in [0.1, 0.15) is 12.2 Å². The van der Waals surface area contributed by atoms with Crippen LogP contribution in [0.15, 0.2) is 66.8 Å². The molecule has 0 radical (unpaired) electrons. The van der Waals surface area contributed by atoms with E-state index in [0.717, 1.165) is 0 Å². The van der Waals surface area contributed by atoms with Crippen LogP contribution in [-0.2, 0) is 9.59 Å². The van der Waals surface area contributed by atoms with E-state index in [1.807, 2.05) is 6.07 Å². The van der Waals surface area contributed by atoms with E-state index >= 15 is 0 Å². The summed E-state index contributed by atoms with van der Waals surface area (Å²) in [6.07, 6.45) is 3.11. The molecule has 1 heterocycles. The average molecular weight is 350 g/mol. The molecule has 1 saturated heterocycles. The van der Waals surface area contributed by atoms with Crippen molar-refractivity contribution in [3.05, 3.63) is 72.3 Å². The Morgan fingerprint density at radius 3 is 2.58 bits per heavy atom. The number of hydrazine groups is 1. The standard InChI is InChI=1S/C20H18N2O4/c1-3-12-26-18-14(8-7-11-17(18)25-2)13-16-19(23)21-22(20(16)24)15-9-5-4-6-10-15/h3-11,13H,1,12H2,2H3,(H,21,23)/b16-13+. The van der Waals surface area contributed by atoms with E-state index in [9.17, 15) is 9.59 Å². The van der Waals surface area contributed by atoms with Crippen LogP contribution in [0, 0.1) is 0 Å². The lowest BCUT2D eigenvalue weighted by Gasteiger charge is -2.14. The SMILES string of the molecule is C=CCOc1c(/C=C2\C(=O)NN(c3ccccc3)C2=O)cccc1OC. The van der Waals surface area contributed by atoms with Gasteiger partial charge in [-0.25, -0.2) is 5.01 Å². The summed E-state index contributed by atoms with van der Waals surface area (Å²) in [6.45, 7) is 3.90. The number of methoxy groups -OCH3 is 1. The number of nitrogens with one attached hydrogen (secondary N) is 1. The van der Waals surface area contributed by atoms with Gasteiger partial charge in [-0.1, -0.05) is 43.0 Å². The van der Waals surface area contributed by atoms with Crippen molar-refractivity contribution < 1.29 is 19.1 Å². The molecule has 2 aromatic carbocycles. The zero-order valence-electron chi connectivity index (χ0n) is 14.3. The zero-order valence-corrected chi connectivity index (χ0v) is 14.3. The average Bonchev–Trinajstić information content (AvgIpc) is 2.95. The number of amides is 2. The number of carbonyl (C=O) groups excluding carboxylic acids is 2. The molecule has 0 aliphatic carbocycles. The van der Waals surface area contributed by atoms with Crippen LogP contribution in [0.5, 0.6) is 11.5 Å². The van der Waals surface area contributed by atoms with Crippen LogP contribution in [0.2, 0.25) is 0 Å². The highest BCUT2D eigenvalue weighted by Gasteiger charge is 2.34. The molecule has 1 N–H and O–H groups in total. The van der Waals surface area contributed by atoms with Crippen molar-refractivity contribution in [2.45, 2.75) is 0 Å². The predicted molar refractivity (Wildman–Crippen MR) is 98.7 cm³/mol. The van der Waals surface area contributed by atoms with Crippen molar-refractivity contribution in [3.63, 3.8) is 0 Å². The van der Waals surface area contributed by atoms with Gasteiger partial charge in [0, 0.05) is 5.56 Å². The van der Waals surface area contributed by atoms with Crippen LogP contribution in [0.25, 0.3) is 6.08 Å². The first-order valence-electron chi connectivity index (χ1n) is 7.98. The van der Waals surface area contributed by atoms with Crippen molar-refractivity contribution in [2.24, 2.45) is 0 Å². The molecule has 0 bridgehead atoms. The molecule has 26 heavy (non-hydrogen) atoms. The number of para-hydroxylation sites is 2. The van der Waals surface area contributed by atoms with Crippen LogP contribution < -0.4 is 19.9 Å². The summed E-state index contributed by atoms with van der Waals surface area (Å²) < 4.78 is 11.0. The fourth-order valence-corrected chi connectivity index (χ4v) is 2.58. The van der Waals surface area contributed by atoms with Gasteiger partial charge in [-0.05, 0) is 24.3 Å². The van der Waals surface area contributed by atoms with Crippen LogP contribution in [0.4, 0.5) is 5.69 Å². The number of rotatable bonds is 6. The van der Waals surface area contributed by atoms with Gasteiger partial charge in [-0.3, -0.25) is 15.0 Å². The Kier molecular flexibility index (Phi) is 5.03. The fraction of sp³-hybridized carbons (Fsp3) is 0.100. The molecule has 6 heteroatoms. The smallest absolute Gasteiger partial charge is 0.282 e. The third kappa shape index (κ3) is 3.30. The van der Waals surface area contributed by atoms with E-state index in [4.69, 9.17) is 9.47 Å². The van der Waals surface area contributed by atoms with E-state index in [1.54, 1.807) is 48.5 Å². The van der Waals surface area contributed by atoms with Gasteiger partial charge in [0.2, 0.25) is 0 Å². The molecule has 0 unspecified atom stereocenters. The van der Waals surface area contributed by atoms with Gasteiger partial charge in [-0.2, -0.15) is 0 Å². The Morgan fingerprint density at radius 2 is 1.88 bits per heavy atom. The summed E-state index contributed by atoms with van der Waals surface area (Å²) >= 11 is 0. The first kappa shape index (κ1) is 17.3. The molecule has 0 spiro atoms. The predicted octanol–water partition coefficient (Wildman–Crippen LogP) is 2.72. The van der Waals surface area contributed by atoms with Gasteiger partial charge >= 0.3 is 0 Å². The molecule has 0 saturated carbocycles. The van der Waals surface area contributed by atoms with Gasteiger partial charge in [0.15, 0.2) is 11.5 Å². The molecule has 1 aliphatic rings. The lowest BCUT2D eigenvalue weighted by molar-refractivity contribution is -0.117. The van der Waals surface area contributed by atoms with Crippen LogP contribution in [0.3, 0.4) is 0 Å². The topological polar surface area (TPSA) is 67.9 Å². The molecular formula is C20H18N2O4. The van der Waals surface area contributed by atoms with Crippen molar-refractivity contribution in [3.8, 4) is 11.5 Å². The van der Waals surface area contributed by atoms with Crippen LogP contribution >= 0.6 is 0 Å². The molecule has 132 valence electrons. The highest BCUT2D eigenvalue weighted by Crippen LogP contribution is 2.33. The van der Waals surface area contributed by atoms with Crippen LogP contribution in [-0.4, -0.2) is 25.5 Å². The maximum atomic E-state index is 12.7. The first-order chi connectivity index (χ1) is 12.7. The number of nitrogens with zero attached hydrogens (tertiary/aromatic N) is 1. The molecule has 1 aliphatic heterocycles. The second-order valence-electron chi connectivity index (χ2n) is 5.45. The van der Waals surface area contributed by atoms with Crippen molar-refractivity contribution in [2.75, 3.05) is 18.7 Å². The highest BCUT2D eigenvalue weighted by molar-refractivity contribution is 6.31. The number of hydrogen-bond acceptors (Lipinski definition) is 4. The monoisotopic (exact) mass is 350 g/mol. The Bertz CT molecular complexity index is 875. The Hall–Kier alpha value is -3.54. The fourth-order valence-electron chi connectivity index (χ4n) is 2.58. The van der Waals surface area contributed by atoms with E-state index in [2.05, 4.69) is 12.0 Å². The molecule has 1 fully saturated rings. The van der Waals surface area contributed by atoms with E-state index < -0.39 is 11.8 Å². The first-order valence-corrected chi connectivity index (χ1v) is 7.98. The lowest BCUT2D eigenvalue weighted by Crippen LogP contribution is -2.35. The van der Waals surface area contributed by atoms with Crippen LogP contribution in [0.1, 0.15) is 5.56 Å².